The smallest absolute Gasteiger partial charge is 0.254 e. The van der Waals surface area contributed by atoms with E-state index in [1.165, 1.54) is 22.9 Å². The van der Waals surface area contributed by atoms with E-state index in [0.717, 1.165) is 6.54 Å². The Hall–Kier alpha value is -2.39. The Labute approximate surface area is 125 Å². The van der Waals surface area contributed by atoms with Crippen molar-refractivity contribution in [1.82, 2.24) is 25.5 Å². The van der Waals surface area contributed by atoms with Gasteiger partial charge in [0.05, 0.1) is 6.61 Å². The maximum Gasteiger partial charge on any atom is 0.254 e. The van der Waals surface area contributed by atoms with Crippen LogP contribution in [0.1, 0.15) is 5.82 Å². The molecule has 116 valence electrons. The molecule has 9 heteroatoms. The van der Waals surface area contributed by atoms with Gasteiger partial charge in [-0.05, 0) is 35.5 Å². The molecule has 1 atom stereocenters. The van der Waals surface area contributed by atoms with Crippen molar-refractivity contribution in [3.63, 3.8) is 0 Å². The molecular formula is C13H15FN6O2. The topological polar surface area (TPSA) is 94.0 Å². The Morgan fingerprint density at radius 1 is 1.55 bits per heavy atom. The van der Waals surface area contributed by atoms with Crippen molar-refractivity contribution in [2.45, 2.75) is 13.0 Å². The van der Waals surface area contributed by atoms with Crippen LogP contribution >= 0.6 is 0 Å². The lowest BCUT2D eigenvalue weighted by atomic mass is 10.2. The van der Waals surface area contributed by atoms with E-state index in [0.29, 0.717) is 24.7 Å². The monoisotopic (exact) mass is 306 g/mol. The van der Waals surface area contributed by atoms with Crippen molar-refractivity contribution >= 4 is 11.6 Å². The lowest BCUT2D eigenvalue weighted by Crippen LogP contribution is -2.45. The van der Waals surface area contributed by atoms with Gasteiger partial charge in [0.15, 0.2) is 5.82 Å². The fourth-order valence-corrected chi connectivity index (χ4v) is 2.16. The van der Waals surface area contributed by atoms with Gasteiger partial charge < -0.3 is 15.4 Å². The standard InChI is InChI=1S/C13H15FN6O2/c1-8-17-18-19-20(8)11-6-9(2-3-10(11)14)16-13(21)12-7-15-4-5-22-12/h2-3,6,12,15H,4-5,7H2,1H3,(H,16,21). The number of halogens is 1. The zero-order valence-electron chi connectivity index (χ0n) is 11.9. The summed E-state index contributed by atoms with van der Waals surface area (Å²) >= 11 is 0. The summed E-state index contributed by atoms with van der Waals surface area (Å²) in [7, 11) is 0. The molecule has 0 spiro atoms. The molecule has 1 fully saturated rings. The van der Waals surface area contributed by atoms with Crippen molar-refractivity contribution < 1.29 is 13.9 Å². The van der Waals surface area contributed by atoms with Gasteiger partial charge in [0, 0.05) is 18.8 Å². The van der Waals surface area contributed by atoms with Gasteiger partial charge in [-0.3, -0.25) is 4.79 Å². The van der Waals surface area contributed by atoms with Crippen molar-refractivity contribution in [2.24, 2.45) is 0 Å². The minimum atomic E-state index is -0.558. The maximum atomic E-state index is 13.9. The second-order valence-electron chi connectivity index (χ2n) is 4.86. The highest BCUT2D eigenvalue weighted by Crippen LogP contribution is 2.19. The molecule has 0 bridgehead atoms. The molecule has 1 aliphatic rings. The molecule has 1 saturated heterocycles. The van der Waals surface area contributed by atoms with Crippen LogP contribution in [0.25, 0.3) is 5.69 Å². The molecule has 2 heterocycles. The summed E-state index contributed by atoms with van der Waals surface area (Å²) in [6.45, 7) is 3.32. The number of carbonyl (C=O) groups is 1. The number of ether oxygens (including phenoxy) is 1. The Balaban J connectivity index is 1.80. The van der Waals surface area contributed by atoms with Crippen LogP contribution in [0, 0.1) is 12.7 Å². The third-order valence-electron chi connectivity index (χ3n) is 3.29. The van der Waals surface area contributed by atoms with Crippen molar-refractivity contribution in [2.75, 3.05) is 25.0 Å². The van der Waals surface area contributed by atoms with Crippen LogP contribution in [-0.2, 0) is 9.53 Å². The lowest BCUT2D eigenvalue weighted by Gasteiger charge is -2.22. The van der Waals surface area contributed by atoms with Crippen LogP contribution in [0.3, 0.4) is 0 Å². The average molecular weight is 306 g/mol. The molecule has 0 aliphatic carbocycles. The molecule has 1 unspecified atom stereocenters. The van der Waals surface area contributed by atoms with E-state index in [1.54, 1.807) is 6.92 Å². The largest absolute Gasteiger partial charge is 0.366 e. The molecule has 1 amide bonds. The van der Waals surface area contributed by atoms with Crippen LogP contribution in [0.15, 0.2) is 18.2 Å². The van der Waals surface area contributed by atoms with E-state index >= 15 is 0 Å². The van der Waals surface area contributed by atoms with Gasteiger partial charge in [0.2, 0.25) is 0 Å². The van der Waals surface area contributed by atoms with Crippen LogP contribution in [0.5, 0.6) is 0 Å². The highest BCUT2D eigenvalue weighted by molar-refractivity contribution is 5.94. The maximum absolute atomic E-state index is 13.9. The van der Waals surface area contributed by atoms with Gasteiger partial charge in [0.25, 0.3) is 5.91 Å². The molecule has 2 N–H and O–H groups in total. The number of tetrazole rings is 1. The zero-order chi connectivity index (χ0) is 15.5. The van der Waals surface area contributed by atoms with E-state index in [4.69, 9.17) is 4.74 Å². The molecule has 1 aliphatic heterocycles. The number of benzene rings is 1. The van der Waals surface area contributed by atoms with E-state index in [9.17, 15) is 9.18 Å². The molecular weight excluding hydrogens is 291 g/mol. The zero-order valence-corrected chi connectivity index (χ0v) is 11.9. The molecule has 0 radical (unpaired) electrons. The minimum absolute atomic E-state index is 0.169. The number of amides is 1. The summed E-state index contributed by atoms with van der Waals surface area (Å²) in [5, 5.41) is 16.7. The van der Waals surface area contributed by atoms with Crippen LogP contribution in [0.2, 0.25) is 0 Å². The second kappa shape index (κ2) is 6.16. The summed E-state index contributed by atoms with van der Waals surface area (Å²) in [5.41, 5.74) is 0.619. The first-order chi connectivity index (χ1) is 10.6. The Bertz CT molecular complexity index is 683. The Kier molecular flexibility index (Phi) is 4.07. The fraction of sp³-hybridized carbons (Fsp3) is 0.385. The number of carbonyl (C=O) groups excluding carboxylic acids is 1. The van der Waals surface area contributed by atoms with E-state index in [1.807, 2.05) is 0 Å². The third kappa shape index (κ3) is 2.95. The molecule has 3 rings (SSSR count). The van der Waals surface area contributed by atoms with E-state index in [-0.39, 0.29) is 11.6 Å². The normalized spacial score (nSPS) is 18.2. The molecule has 2 aromatic rings. The summed E-state index contributed by atoms with van der Waals surface area (Å²) in [6.07, 6.45) is -0.558. The molecule has 8 nitrogen and oxygen atoms in total. The minimum Gasteiger partial charge on any atom is -0.366 e. The second-order valence-corrected chi connectivity index (χ2v) is 4.86. The van der Waals surface area contributed by atoms with Gasteiger partial charge >= 0.3 is 0 Å². The molecule has 22 heavy (non-hydrogen) atoms. The number of hydrogen-bond acceptors (Lipinski definition) is 6. The summed E-state index contributed by atoms with van der Waals surface area (Å²) in [6, 6.07) is 4.21. The number of aromatic nitrogens is 4. The predicted octanol–water partition coefficient (Wildman–Crippen LogP) is 0.0367. The van der Waals surface area contributed by atoms with Gasteiger partial charge in [-0.15, -0.1) is 5.10 Å². The summed E-state index contributed by atoms with van der Waals surface area (Å²) in [5.74, 6) is -0.315. The van der Waals surface area contributed by atoms with Crippen LogP contribution in [0.4, 0.5) is 10.1 Å². The van der Waals surface area contributed by atoms with Gasteiger partial charge in [-0.1, -0.05) is 0 Å². The SMILES string of the molecule is Cc1nnnn1-c1cc(NC(=O)C2CNCCO2)ccc1F. The van der Waals surface area contributed by atoms with Gasteiger partial charge in [-0.2, -0.15) is 4.68 Å². The van der Waals surface area contributed by atoms with Crippen molar-refractivity contribution in [1.29, 1.82) is 0 Å². The number of morpholine rings is 1. The third-order valence-corrected chi connectivity index (χ3v) is 3.29. The summed E-state index contributed by atoms with van der Waals surface area (Å²) in [4.78, 5) is 12.1. The number of aryl methyl sites for hydroxylation is 1. The number of rotatable bonds is 3. The number of anilines is 1. The highest BCUT2D eigenvalue weighted by atomic mass is 19.1. The number of hydrogen-bond donors (Lipinski definition) is 2. The van der Waals surface area contributed by atoms with Gasteiger partial charge in [-0.25, -0.2) is 4.39 Å². The van der Waals surface area contributed by atoms with E-state index < -0.39 is 11.9 Å². The van der Waals surface area contributed by atoms with Crippen molar-refractivity contribution in [3.05, 3.63) is 29.8 Å². The first-order valence-electron chi connectivity index (χ1n) is 6.83. The Morgan fingerprint density at radius 3 is 3.09 bits per heavy atom. The van der Waals surface area contributed by atoms with Crippen LogP contribution < -0.4 is 10.6 Å². The molecule has 0 saturated carbocycles. The quantitative estimate of drug-likeness (QED) is 0.831. The number of nitrogens with zero attached hydrogens (tertiary/aromatic N) is 4. The predicted molar refractivity (Wildman–Crippen MR) is 75.1 cm³/mol. The van der Waals surface area contributed by atoms with Gasteiger partial charge in [0.1, 0.15) is 17.6 Å². The van der Waals surface area contributed by atoms with Crippen molar-refractivity contribution in [3.8, 4) is 5.69 Å². The van der Waals surface area contributed by atoms with E-state index in [2.05, 4.69) is 26.2 Å². The fourth-order valence-electron chi connectivity index (χ4n) is 2.16. The first-order valence-corrected chi connectivity index (χ1v) is 6.83. The average Bonchev–Trinajstić information content (AvgIpc) is 2.96. The first kappa shape index (κ1) is 14.5. The Morgan fingerprint density at radius 2 is 2.41 bits per heavy atom. The summed E-state index contributed by atoms with van der Waals surface area (Å²) < 4.78 is 20.6. The lowest BCUT2D eigenvalue weighted by molar-refractivity contribution is -0.128. The molecule has 1 aromatic heterocycles. The number of nitrogens with one attached hydrogen (secondary N) is 2. The van der Waals surface area contributed by atoms with Crippen LogP contribution in [-0.4, -0.2) is 51.9 Å². The molecule has 1 aromatic carbocycles. The highest BCUT2D eigenvalue weighted by Gasteiger charge is 2.22.